The molecule has 2 unspecified atom stereocenters. The summed E-state index contributed by atoms with van der Waals surface area (Å²) in [5, 5.41) is 2.41. The van der Waals surface area contributed by atoms with Gasteiger partial charge in [0.2, 0.25) is 5.91 Å². The Labute approximate surface area is 84.0 Å². The molecule has 2 saturated heterocycles. The Morgan fingerprint density at radius 2 is 2.21 bits per heavy atom. The largest absolute Gasteiger partial charge is 0.355 e. The quantitative estimate of drug-likeness (QED) is 0.677. The Bertz CT molecular complexity index is 362. The van der Waals surface area contributed by atoms with Crippen molar-refractivity contribution in [1.29, 1.82) is 0 Å². The second-order valence-corrected chi connectivity index (χ2v) is 6.91. The van der Waals surface area contributed by atoms with Gasteiger partial charge in [-0.15, -0.1) is 0 Å². The predicted octanol–water partition coefficient (Wildman–Crippen LogP) is 0.0898. The first-order valence-corrected chi connectivity index (χ1v) is 6.64. The zero-order chi connectivity index (χ0) is 10.4. The van der Waals surface area contributed by atoms with Crippen LogP contribution in [0.1, 0.15) is 26.2 Å². The molecular formula is C9H15NO3S. The minimum atomic E-state index is -2.94. The number of amides is 1. The second kappa shape index (κ2) is 2.95. The van der Waals surface area contributed by atoms with Crippen LogP contribution in [0, 0.1) is 5.41 Å². The molecule has 14 heavy (non-hydrogen) atoms. The lowest BCUT2D eigenvalue weighted by Gasteiger charge is -2.27. The van der Waals surface area contributed by atoms with Crippen LogP contribution in [0.15, 0.2) is 0 Å². The Hall–Kier alpha value is -0.580. The van der Waals surface area contributed by atoms with Crippen molar-refractivity contribution in [3.8, 4) is 0 Å². The maximum Gasteiger partial charge on any atom is 0.220 e. The molecule has 2 fully saturated rings. The van der Waals surface area contributed by atoms with Crippen LogP contribution >= 0.6 is 0 Å². The van der Waals surface area contributed by atoms with Crippen LogP contribution < -0.4 is 5.32 Å². The van der Waals surface area contributed by atoms with E-state index in [2.05, 4.69) is 5.32 Å². The Morgan fingerprint density at radius 1 is 1.50 bits per heavy atom. The summed E-state index contributed by atoms with van der Waals surface area (Å²) in [5.41, 5.74) is -0.369. The molecule has 2 aliphatic rings. The molecule has 0 radical (unpaired) electrons. The minimum Gasteiger partial charge on any atom is -0.355 e. The van der Waals surface area contributed by atoms with Crippen LogP contribution in [-0.4, -0.2) is 31.9 Å². The van der Waals surface area contributed by atoms with Crippen LogP contribution in [0.4, 0.5) is 0 Å². The molecule has 0 bridgehead atoms. The van der Waals surface area contributed by atoms with Crippen LogP contribution in [-0.2, 0) is 14.6 Å². The molecule has 0 aliphatic carbocycles. The first kappa shape index (κ1) is 9.96. The lowest BCUT2D eigenvalue weighted by atomic mass is 9.84. The van der Waals surface area contributed by atoms with Gasteiger partial charge in [-0.05, 0) is 12.8 Å². The van der Waals surface area contributed by atoms with Crippen molar-refractivity contribution >= 4 is 15.7 Å². The zero-order valence-corrected chi connectivity index (χ0v) is 9.06. The highest BCUT2D eigenvalue weighted by atomic mass is 32.2. The number of carbonyl (C=O) groups excluding carboxylic acids is 1. The number of nitrogens with one attached hydrogen (secondary N) is 1. The molecule has 2 aliphatic heterocycles. The van der Waals surface area contributed by atoms with Gasteiger partial charge >= 0.3 is 0 Å². The summed E-state index contributed by atoms with van der Waals surface area (Å²) < 4.78 is 23.4. The lowest BCUT2D eigenvalue weighted by molar-refractivity contribution is -0.119. The molecule has 2 rings (SSSR count). The van der Waals surface area contributed by atoms with Gasteiger partial charge in [-0.25, -0.2) is 8.42 Å². The van der Waals surface area contributed by atoms with Crippen molar-refractivity contribution in [3.05, 3.63) is 0 Å². The van der Waals surface area contributed by atoms with E-state index in [-0.39, 0.29) is 16.6 Å². The fourth-order valence-corrected chi connectivity index (χ4v) is 5.01. The summed E-state index contributed by atoms with van der Waals surface area (Å²) in [7, 11) is -2.94. The second-order valence-electron chi connectivity index (χ2n) is 4.61. The summed E-state index contributed by atoms with van der Waals surface area (Å²) in [4.78, 5) is 11.1. The monoisotopic (exact) mass is 217 g/mol. The summed E-state index contributed by atoms with van der Waals surface area (Å²) in [6.45, 7) is 2.41. The third-order valence-electron chi connectivity index (χ3n) is 3.36. The number of hydrogen-bond acceptors (Lipinski definition) is 3. The first-order chi connectivity index (χ1) is 6.44. The van der Waals surface area contributed by atoms with Crippen LogP contribution in [0.2, 0.25) is 0 Å². The molecule has 2 atom stereocenters. The Kier molecular flexibility index (Phi) is 2.10. The highest BCUT2D eigenvalue weighted by Gasteiger charge is 2.49. The average Bonchev–Trinajstić information content (AvgIpc) is 2.56. The van der Waals surface area contributed by atoms with Crippen LogP contribution in [0.5, 0.6) is 0 Å². The van der Waals surface area contributed by atoms with Gasteiger partial charge in [0.1, 0.15) is 0 Å². The normalized spacial score (nSPS) is 41.2. The van der Waals surface area contributed by atoms with Gasteiger partial charge < -0.3 is 5.32 Å². The van der Waals surface area contributed by atoms with Gasteiger partial charge in [0.05, 0.1) is 11.0 Å². The van der Waals surface area contributed by atoms with E-state index < -0.39 is 9.84 Å². The van der Waals surface area contributed by atoms with Crippen molar-refractivity contribution < 1.29 is 13.2 Å². The number of rotatable bonds is 1. The topological polar surface area (TPSA) is 63.2 Å². The van der Waals surface area contributed by atoms with Gasteiger partial charge in [-0.2, -0.15) is 0 Å². The van der Waals surface area contributed by atoms with E-state index in [1.165, 1.54) is 0 Å². The van der Waals surface area contributed by atoms with Crippen molar-refractivity contribution in [3.63, 3.8) is 0 Å². The van der Waals surface area contributed by atoms with Crippen molar-refractivity contribution in [2.45, 2.75) is 31.4 Å². The molecule has 0 saturated carbocycles. The van der Waals surface area contributed by atoms with E-state index in [1.54, 1.807) is 0 Å². The van der Waals surface area contributed by atoms with Crippen LogP contribution in [0.25, 0.3) is 0 Å². The summed E-state index contributed by atoms with van der Waals surface area (Å²) in [5.74, 6) is 0.274. The smallest absolute Gasteiger partial charge is 0.220 e. The molecule has 1 N–H and O–H groups in total. The van der Waals surface area contributed by atoms with Gasteiger partial charge in [0, 0.05) is 18.4 Å². The van der Waals surface area contributed by atoms with Gasteiger partial charge in [0.25, 0.3) is 0 Å². The molecular weight excluding hydrogens is 202 g/mol. The molecule has 0 spiro atoms. The van der Waals surface area contributed by atoms with Crippen molar-refractivity contribution in [2.75, 3.05) is 12.3 Å². The standard InChI is InChI=1S/C9H15NO3S/c1-9(5-8(11)10-6-9)7-3-2-4-14(7,12)13/h7H,2-6H2,1H3,(H,10,11). The summed E-state index contributed by atoms with van der Waals surface area (Å²) in [6, 6.07) is 0. The van der Waals surface area contributed by atoms with E-state index in [4.69, 9.17) is 0 Å². The molecule has 0 aromatic heterocycles. The predicted molar refractivity (Wildman–Crippen MR) is 52.5 cm³/mol. The van der Waals surface area contributed by atoms with Crippen molar-refractivity contribution in [2.24, 2.45) is 5.41 Å². The molecule has 80 valence electrons. The van der Waals surface area contributed by atoms with E-state index in [0.717, 1.165) is 6.42 Å². The van der Waals surface area contributed by atoms with E-state index in [9.17, 15) is 13.2 Å². The number of carbonyl (C=O) groups is 1. The SMILES string of the molecule is CC1(C2CCCS2(=O)=O)CNC(=O)C1. The highest BCUT2D eigenvalue weighted by molar-refractivity contribution is 7.92. The maximum atomic E-state index is 11.7. The molecule has 4 nitrogen and oxygen atoms in total. The minimum absolute atomic E-state index is 0.0189. The summed E-state index contributed by atoms with van der Waals surface area (Å²) >= 11 is 0. The zero-order valence-electron chi connectivity index (χ0n) is 8.25. The van der Waals surface area contributed by atoms with E-state index >= 15 is 0 Å². The highest BCUT2D eigenvalue weighted by Crippen LogP contribution is 2.39. The van der Waals surface area contributed by atoms with E-state index in [1.807, 2.05) is 6.92 Å². The van der Waals surface area contributed by atoms with Gasteiger partial charge in [-0.3, -0.25) is 4.79 Å². The molecule has 5 heteroatoms. The number of hydrogen-bond donors (Lipinski definition) is 1. The van der Waals surface area contributed by atoms with Crippen LogP contribution in [0.3, 0.4) is 0 Å². The van der Waals surface area contributed by atoms with Gasteiger partial charge in [-0.1, -0.05) is 6.92 Å². The molecule has 0 aromatic carbocycles. The van der Waals surface area contributed by atoms with Gasteiger partial charge in [0.15, 0.2) is 9.84 Å². The first-order valence-electron chi connectivity index (χ1n) is 4.92. The van der Waals surface area contributed by atoms with Crippen molar-refractivity contribution in [1.82, 2.24) is 5.32 Å². The fraction of sp³-hybridized carbons (Fsp3) is 0.889. The van der Waals surface area contributed by atoms with E-state index in [0.29, 0.717) is 25.1 Å². The molecule has 2 heterocycles. The Morgan fingerprint density at radius 3 is 2.64 bits per heavy atom. The maximum absolute atomic E-state index is 11.7. The third kappa shape index (κ3) is 1.43. The fourth-order valence-electron chi connectivity index (χ4n) is 2.59. The molecule has 1 amide bonds. The Balaban J connectivity index is 2.27. The average molecular weight is 217 g/mol. The third-order valence-corrected chi connectivity index (χ3v) is 5.89. The molecule has 0 aromatic rings. The summed E-state index contributed by atoms with van der Waals surface area (Å²) in [6.07, 6.45) is 1.82. The number of sulfone groups is 1. The lowest BCUT2D eigenvalue weighted by Crippen LogP contribution is -2.37.